The third-order valence-electron chi connectivity index (χ3n) is 14.8. The number of ether oxygens (including phenoxy) is 14. The van der Waals surface area contributed by atoms with Gasteiger partial charge in [0.2, 0.25) is 0 Å². The van der Waals surface area contributed by atoms with Crippen molar-refractivity contribution >= 4 is 25.3 Å². The Kier molecular flexibility index (Phi) is 21.5. The molecule has 0 unspecified atom stereocenters. The van der Waals surface area contributed by atoms with Crippen LogP contribution in [0.4, 0.5) is 0 Å². The van der Waals surface area contributed by atoms with E-state index in [9.17, 15) is 97.0 Å². The quantitative estimate of drug-likeness (QED) is 0.105. The van der Waals surface area contributed by atoms with Crippen LogP contribution in [0, 0.1) is 0 Å². The van der Waals surface area contributed by atoms with Crippen LogP contribution in [0.15, 0.2) is 0 Å². The normalized spacial score (nSPS) is 55.4. The second kappa shape index (κ2) is 26.5. The van der Waals surface area contributed by atoms with E-state index >= 15 is 0 Å². The molecule has 19 N–H and O–H groups in total. The van der Waals surface area contributed by atoms with Gasteiger partial charge < -0.3 is 163 Å². The number of thiol groups is 2. The van der Waals surface area contributed by atoms with Crippen LogP contribution >= 0.6 is 25.3 Å². The molecule has 0 saturated carbocycles. The van der Waals surface area contributed by atoms with Crippen LogP contribution in [0.3, 0.4) is 0 Å². The second-order valence-corrected chi connectivity index (χ2v) is 20.4. The molecule has 21 fully saturated rings. The number of hydrogen-bond acceptors (Lipinski definition) is 35. The average Bonchev–Trinajstić information content (AvgIpc) is 3.45. The number of aliphatic hydroxyl groups excluding tert-OH is 19. The first kappa shape index (κ1) is 62.4. The zero-order valence-electron chi connectivity index (χ0n) is 40.3. The molecule has 21 rings (SSSR count). The first-order chi connectivity index (χ1) is 36.7. The molecule has 0 radical (unpaired) electrons. The molecular weight excluding hydrogens is 1100 g/mol. The Labute approximate surface area is 447 Å². The second-order valence-electron chi connectivity index (χ2n) is 19.7. The Morgan fingerprint density at radius 3 is 0.455 bits per heavy atom. The van der Waals surface area contributed by atoms with Crippen molar-refractivity contribution in [3.8, 4) is 0 Å². The lowest BCUT2D eigenvalue weighted by molar-refractivity contribution is -0.395. The molecule has 0 amide bonds. The summed E-state index contributed by atoms with van der Waals surface area (Å²) in [6.07, 6.45) is -67.2. The third-order valence-corrected chi connectivity index (χ3v) is 15.5. The summed E-state index contributed by atoms with van der Waals surface area (Å²) in [4.78, 5) is 0. The number of rotatable bonds is 7. The Morgan fingerprint density at radius 2 is 0.325 bits per heavy atom. The highest BCUT2D eigenvalue weighted by molar-refractivity contribution is 7.80. The van der Waals surface area contributed by atoms with E-state index in [-0.39, 0.29) is 11.5 Å². The summed E-state index contributed by atoms with van der Waals surface area (Å²) in [5.74, 6) is -0.676. The molecule has 0 spiro atoms. The van der Waals surface area contributed by atoms with Crippen LogP contribution in [0.1, 0.15) is 0 Å². The predicted molar refractivity (Wildman–Crippen MR) is 242 cm³/mol. The molecule has 0 aromatic heterocycles. The van der Waals surface area contributed by atoms with Crippen molar-refractivity contribution in [2.24, 2.45) is 0 Å². The molecule has 21 heterocycles. The summed E-state index contributed by atoms with van der Waals surface area (Å²) >= 11 is 8.48. The Bertz CT molecular complexity index is 1480. The summed E-state index contributed by atoms with van der Waals surface area (Å²) in [7, 11) is 0. The van der Waals surface area contributed by atoms with Gasteiger partial charge in [-0.15, -0.1) is 0 Å². The van der Waals surface area contributed by atoms with Crippen LogP contribution in [0.25, 0.3) is 0 Å². The van der Waals surface area contributed by atoms with Crippen molar-refractivity contribution in [1.82, 2.24) is 0 Å². The fraction of sp³-hybridized carbons (Fsp3) is 1.00. The van der Waals surface area contributed by atoms with Gasteiger partial charge in [-0.25, -0.2) is 0 Å². The van der Waals surface area contributed by atoms with Crippen molar-refractivity contribution in [1.29, 1.82) is 0 Å². The van der Waals surface area contributed by atoms with Crippen molar-refractivity contribution in [3.63, 3.8) is 0 Å². The van der Waals surface area contributed by atoms with Gasteiger partial charge in [-0.1, -0.05) is 0 Å². The molecular formula is C42H70O33S2. The molecule has 448 valence electrons. The maximum Gasteiger partial charge on any atom is 0.187 e. The summed E-state index contributed by atoms with van der Waals surface area (Å²) in [5.41, 5.74) is 0. The molecule has 35 atom stereocenters. The highest BCUT2D eigenvalue weighted by Crippen LogP contribution is 2.39. The maximum atomic E-state index is 11.4. The molecule has 21 aliphatic rings. The van der Waals surface area contributed by atoms with E-state index in [0.29, 0.717) is 0 Å². The zero-order valence-corrected chi connectivity index (χ0v) is 42.1. The fourth-order valence-corrected chi connectivity index (χ4v) is 11.0. The fourth-order valence-electron chi connectivity index (χ4n) is 10.4. The molecule has 77 heavy (non-hydrogen) atoms. The maximum absolute atomic E-state index is 11.4. The topological polar surface area (TPSA) is 514 Å². The van der Waals surface area contributed by atoms with Crippen LogP contribution in [-0.2, 0) is 66.3 Å². The molecule has 14 bridgehead atoms. The first-order valence-corrected chi connectivity index (χ1v) is 25.9. The van der Waals surface area contributed by atoms with E-state index in [1.807, 2.05) is 0 Å². The number of aliphatic hydroxyl groups is 19. The van der Waals surface area contributed by atoms with Gasteiger partial charge in [-0.2, -0.15) is 25.3 Å². The van der Waals surface area contributed by atoms with Gasteiger partial charge >= 0.3 is 0 Å². The standard InChI is InChI=1S/C42H70O33S2/c43-1-8-29-16(49)23(56)37(63-8)71-31-10(3-45)65-39(25(58)18(31)51)74-34-13(6-76)68-42(28(61)21(34)54)73-33-12(5-47)66-40(26(59)19(33)52)75-35-14(7-77)67-41(27(60)20(35)53)72-32-11(4-46)64-38(24(57)17(32)50)70-30-9(2-44)62-36(69-29)22(55)15(30)48/h8-61,76-77H,1-7H2/t8-,9-,10-,11-,12-,13-,14-,15-,16-,17-,18-,19-,20-,21-,22-,23-,24-,25-,26-,27-,28-,29-,30-,31-,32-,33-,34-,35-,36-,37-,38-,39-,40-,41-,42-/m1/s1. The summed E-state index contributed by atoms with van der Waals surface area (Å²) in [5, 5.41) is 210. The Hall–Kier alpha value is -0.620. The van der Waals surface area contributed by atoms with Gasteiger partial charge in [0, 0.05) is 11.5 Å². The van der Waals surface area contributed by atoms with Gasteiger partial charge in [0.25, 0.3) is 0 Å². The SMILES string of the molecule is OC[C@H]1O[C@@H]2O[C@H]3[C@H](O)[C@@H](O)[C@@H](O[C@H]4[C@H](O)[C@@H](O)[C@@H](O[C@H]5[C@H](O)[C@@H](O)[C@@H](O[C@H]6[C@H](O)[C@@H](O)[C@@H](O[C@H]7[C@H](O)[C@@H](O)[C@@H](O[C@H]8[C@H](O)[C@@H](O)[C@@H](O[C@H]1[C@H](O)[C@H]2O)O[C@@H]8CO)O[C@@H]7CO)O[C@@H]6CS)O[C@@H]5CO)O[C@@H]4CS)O[C@@H]3CO. The van der Waals surface area contributed by atoms with Crippen LogP contribution in [0.5, 0.6) is 0 Å². The minimum atomic E-state index is -2.18. The molecule has 33 nitrogen and oxygen atoms in total. The van der Waals surface area contributed by atoms with E-state index in [0.717, 1.165) is 0 Å². The Morgan fingerprint density at radius 1 is 0.195 bits per heavy atom. The summed E-state index contributed by atoms with van der Waals surface area (Å²) in [6, 6.07) is 0. The van der Waals surface area contributed by atoms with Crippen molar-refractivity contribution in [2.45, 2.75) is 215 Å². The van der Waals surface area contributed by atoms with Crippen molar-refractivity contribution in [3.05, 3.63) is 0 Å². The molecule has 0 aromatic rings. The van der Waals surface area contributed by atoms with Crippen molar-refractivity contribution < 1.29 is 163 Å². The van der Waals surface area contributed by atoms with Gasteiger partial charge in [0.05, 0.1) is 45.2 Å². The lowest BCUT2D eigenvalue weighted by Gasteiger charge is -2.50. The van der Waals surface area contributed by atoms with Crippen LogP contribution < -0.4 is 0 Å². The van der Waals surface area contributed by atoms with Gasteiger partial charge in [0.15, 0.2) is 44.0 Å². The lowest BCUT2D eigenvalue weighted by Crippen LogP contribution is -2.68. The van der Waals surface area contributed by atoms with E-state index in [4.69, 9.17) is 66.3 Å². The van der Waals surface area contributed by atoms with Gasteiger partial charge in [-0.3, -0.25) is 0 Å². The minimum Gasteiger partial charge on any atom is -0.394 e. The smallest absolute Gasteiger partial charge is 0.187 e. The highest BCUT2D eigenvalue weighted by atomic mass is 32.1. The molecule has 21 saturated heterocycles. The minimum absolute atomic E-state index is 0.338. The molecule has 35 heteroatoms. The average molecular weight is 1170 g/mol. The predicted octanol–water partition coefficient (Wildman–Crippen LogP) is -13.4. The Balaban J connectivity index is 1.08. The van der Waals surface area contributed by atoms with Crippen LogP contribution in [0.2, 0.25) is 0 Å². The zero-order chi connectivity index (χ0) is 56.1. The van der Waals surface area contributed by atoms with E-state index in [1.165, 1.54) is 0 Å². The summed E-state index contributed by atoms with van der Waals surface area (Å²) < 4.78 is 80.6. The van der Waals surface area contributed by atoms with Crippen LogP contribution in [-0.4, -0.2) is 357 Å². The number of hydrogen-bond donors (Lipinski definition) is 21. The molecule has 0 aromatic carbocycles. The largest absolute Gasteiger partial charge is 0.394 e. The monoisotopic (exact) mass is 1170 g/mol. The lowest BCUT2D eigenvalue weighted by atomic mass is 9.95. The van der Waals surface area contributed by atoms with E-state index < -0.39 is 248 Å². The van der Waals surface area contributed by atoms with Gasteiger partial charge in [0.1, 0.15) is 159 Å². The van der Waals surface area contributed by atoms with E-state index in [1.54, 1.807) is 0 Å². The van der Waals surface area contributed by atoms with Crippen molar-refractivity contribution in [2.75, 3.05) is 44.5 Å². The first-order valence-electron chi connectivity index (χ1n) is 24.6. The summed E-state index contributed by atoms with van der Waals surface area (Å²) in [6.45, 7) is -5.04. The molecule has 0 aliphatic carbocycles. The highest BCUT2D eigenvalue weighted by Gasteiger charge is 2.59. The van der Waals surface area contributed by atoms with E-state index in [2.05, 4.69) is 25.3 Å². The third kappa shape index (κ3) is 12.3. The molecule has 21 aliphatic heterocycles. The van der Waals surface area contributed by atoms with Gasteiger partial charge in [-0.05, 0) is 0 Å².